The van der Waals surface area contributed by atoms with Crippen LogP contribution in [0.5, 0.6) is 0 Å². The van der Waals surface area contributed by atoms with Gasteiger partial charge in [0.2, 0.25) is 0 Å². The zero-order valence-corrected chi connectivity index (χ0v) is 8.58. The van der Waals surface area contributed by atoms with Gasteiger partial charge in [0.1, 0.15) is 0 Å². The summed E-state index contributed by atoms with van der Waals surface area (Å²) in [4.78, 5) is 22.7. The Bertz CT molecular complexity index is 540. The van der Waals surface area contributed by atoms with Crippen LogP contribution in [0, 0.1) is 6.92 Å². The fourth-order valence-electron chi connectivity index (χ4n) is 1.31. The topological polar surface area (TPSA) is 76.0 Å². The van der Waals surface area contributed by atoms with Gasteiger partial charge in [-0.05, 0) is 24.6 Å². The quantitative estimate of drug-likeness (QED) is 0.822. The first-order valence-electron chi connectivity index (χ1n) is 4.66. The third-order valence-electron chi connectivity index (χ3n) is 2.15. The summed E-state index contributed by atoms with van der Waals surface area (Å²) in [6.45, 7) is 1.90. The van der Waals surface area contributed by atoms with E-state index in [9.17, 15) is 4.79 Å². The van der Waals surface area contributed by atoms with Crippen LogP contribution < -0.4 is 0 Å². The van der Waals surface area contributed by atoms with Crippen molar-refractivity contribution in [3.8, 4) is 11.4 Å². The molecule has 1 N–H and O–H groups in total. The first-order chi connectivity index (χ1) is 7.68. The number of pyridine rings is 1. The molecule has 0 aliphatic rings. The molecule has 2 heterocycles. The van der Waals surface area contributed by atoms with Crippen LogP contribution in [-0.2, 0) is 0 Å². The third kappa shape index (κ3) is 1.88. The van der Waals surface area contributed by atoms with Gasteiger partial charge in [0.05, 0.1) is 0 Å². The van der Waals surface area contributed by atoms with Gasteiger partial charge in [0.25, 0.3) is 0 Å². The van der Waals surface area contributed by atoms with E-state index in [0.717, 1.165) is 11.1 Å². The predicted molar refractivity (Wildman–Crippen MR) is 57.0 cm³/mol. The highest BCUT2D eigenvalue weighted by molar-refractivity contribution is 5.85. The van der Waals surface area contributed by atoms with Gasteiger partial charge < -0.3 is 5.11 Å². The lowest BCUT2D eigenvalue weighted by atomic mass is 10.1. The molecule has 0 radical (unpaired) electrons. The molecule has 0 spiro atoms. The minimum atomic E-state index is -1.06. The SMILES string of the molecule is Cc1ccncc1-c1nccc(C(=O)O)n1. The predicted octanol–water partition coefficient (Wildman–Crippen LogP) is 1.55. The molecule has 0 aliphatic carbocycles. The van der Waals surface area contributed by atoms with Gasteiger partial charge >= 0.3 is 5.97 Å². The molecule has 5 nitrogen and oxygen atoms in total. The van der Waals surface area contributed by atoms with E-state index in [0.29, 0.717) is 5.82 Å². The van der Waals surface area contributed by atoms with Crippen LogP contribution in [0.3, 0.4) is 0 Å². The smallest absolute Gasteiger partial charge is 0.354 e. The Morgan fingerprint density at radius 1 is 1.31 bits per heavy atom. The van der Waals surface area contributed by atoms with Crippen LogP contribution in [0.25, 0.3) is 11.4 Å². The maximum Gasteiger partial charge on any atom is 0.354 e. The maximum absolute atomic E-state index is 10.8. The standard InChI is InChI=1S/C11H9N3O2/c1-7-2-4-12-6-8(7)10-13-5-3-9(14-10)11(15)16/h2-6H,1H3,(H,15,16). The average Bonchev–Trinajstić information content (AvgIpc) is 2.30. The Morgan fingerprint density at radius 2 is 2.12 bits per heavy atom. The second kappa shape index (κ2) is 4.06. The second-order valence-electron chi connectivity index (χ2n) is 3.26. The van der Waals surface area contributed by atoms with Gasteiger partial charge in [-0.1, -0.05) is 0 Å². The molecule has 2 rings (SSSR count). The average molecular weight is 215 g/mol. The molecule has 0 atom stereocenters. The minimum absolute atomic E-state index is 0.0201. The molecule has 0 unspecified atom stereocenters. The number of hydrogen-bond acceptors (Lipinski definition) is 4. The number of carboxylic acid groups (broad SMARTS) is 1. The van der Waals surface area contributed by atoms with Crippen LogP contribution in [0.4, 0.5) is 0 Å². The van der Waals surface area contributed by atoms with E-state index in [1.165, 1.54) is 12.3 Å². The summed E-state index contributed by atoms with van der Waals surface area (Å²) < 4.78 is 0. The molecular formula is C11H9N3O2. The summed E-state index contributed by atoms with van der Waals surface area (Å²) in [5.74, 6) is -0.685. The molecule has 0 aromatic carbocycles. The maximum atomic E-state index is 10.8. The molecule has 5 heteroatoms. The van der Waals surface area contributed by atoms with Crippen molar-refractivity contribution in [2.75, 3.05) is 0 Å². The fourth-order valence-corrected chi connectivity index (χ4v) is 1.31. The highest BCUT2D eigenvalue weighted by Gasteiger charge is 2.09. The van der Waals surface area contributed by atoms with Gasteiger partial charge in [-0.2, -0.15) is 0 Å². The summed E-state index contributed by atoms with van der Waals surface area (Å²) in [6, 6.07) is 3.18. The third-order valence-corrected chi connectivity index (χ3v) is 2.15. The highest BCUT2D eigenvalue weighted by atomic mass is 16.4. The number of aromatic nitrogens is 3. The number of aromatic carboxylic acids is 1. The Morgan fingerprint density at radius 3 is 2.81 bits per heavy atom. The Labute approximate surface area is 91.8 Å². The summed E-state index contributed by atoms with van der Waals surface area (Å²) in [7, 11) is 0. The first-order valence-corrected chi connectivity index (χ1v) is 4.66. The molecule has 16 heavy (non-hydrogen) atoms. The lowest BCUT2D eigenvalue weighted by Crippen LogP contribution is -2.02. The van der Waals surface area contributed by atoms with Crippen molar-refractivity contribution >= 4 is 5.97 Å². The van der Waals surface area contributed by atoms with Gasteiger partial charge in [-0.15, -0.1) is 0 Å². The second-order valence-corrected chi connectivity index (χ2v) is 3.26. The van der Waals surface area contributed by atoms with Crippen molar-refractivity contribution in [3.05, 3.63) is 42.0 Å². The van der Waals surface area contributed by atoms with Crippen molar-refractivity contribution in [3.63, 3.8) is 0 Å². The monoisotopic (exact) mass is 215 g/mol. The summed E-state index contributed by atoms with van der Waals surface area (Å²) in [6.07, 6.45) is 4.72. The number of nitrogens with zero attached hydrogens (tertiary/aromatic N) is 3. The normalized spacial score (nSPS) is 10.1. The van der Waals surface area contributed by atoms with Crippen molar-refractivity contribution < 1.29 is 9.90 Å². The summed E-state index contributed by atoms with van der Waals surface area (Å²) >= 11 is 0. The van der Waals surface area contributed by atoms with E-state index >= 15 is 0 Å². The van der Waals surface area contributed by atoms with Crippen LogP contribution in [0.1, 0.15) is 16.1 Å². The van der Waals surface area contributed by atoms with Gasteiger partial charge in [0, 0.05) is 24.2 Å². The van der Waals surface area contributed by atoms with Gasteiger partial charge in [-0.3, -0.25) is 4.98 Å². The van der Waals surface area contributed by atoms with Crippen molar-refractivity contribution in [1.82, 2.24) is 15.0 Å². The van der Waals surface area contributed by atoms with Gasteiger partial charge in [0.15, 0.2) is 11.5 Å². The van der Waals surface area contributed by atoms with Crippen molar-refractivity contribution in [2.24, 2.45) is 0 Å². The molecule has 0 aliphatic heterocycles. The highest BCUT2D eigenvalue weighted by Crippen LogP contribution is 2.17. The molecule has 0 saturated heterocycles. The number of carboxylic acids is 1. The van der Waals surface area contributed by atoms with Crippen molar-refractivity contribution in [2.45, 2.75) is 6.92 Å². The van der Waals surface area contributed by atoms with E-state index in [-0.39, 0.29) is 5.69 Å². The molecule has 2 aromatic heterocycles. The van der Waals surface area contributed by atoms with Gasteiger partial charge in [-0.25, -0.2) is 14.8 Å². The molecule has 0 bridgehead atoms. The van der Waals surface area contributed by atoms with E-state index in [2.05, 4.69) is 15.0 Å². The molecule has 0 saturated carbocycles. The molecular weight excluding hydrogens is 206 g/mol. The first kappa shape index (κ1) is 10.2. The van der Waals surface area contributed by atoms with Crippen LogP contribution in [0.2, 0.25) is 0 Å². The fraction of sp³-hybridized carbons (Fsp3) is 0.0909. The van der Waals surface area contributed by atoms with E-state index in [1.54, 1.807) is 12.4 Å². The zero-order valence-electron chi connectivity index (χ0n) is 8.58. The summed E-state index contributed by atoms with van der Waals surface area (Å²) in [5, 5.41) is 8.82. The summed E-state index contributed by atoms with van der Waals surface area (Å²) in [5.41, 5.74) is 1.68. The lowest BCUT2D eigenvalue weighted by molar-refractivity contribution is 0.0690. The Hall–Kier alpha value is -2.30. The largest absolute Gasteiger partial charge is 0.477 e. The Kier molecular flexibility index (Phi) is 2.59. The van der Waals surface area contributed by atoms with E-state index < -0.39 is 5.97 Å². The number of aryl methyl sites for hydroxylation is 1. The van der Waals surface area contributed by atoms with Crippen LogP contribution >= 0.6 is 0 Å². The van der Waals surface area contributed by atoms with Crippen LogP contribution in [-0.4, -0.2) is 26.0 Å². The molecule has 80 valence electrons. The Balaban J connectivity index is 2.53. The molecule has 2 aromatic rings. The number of carbonyl (C=O) groups is 1. The number of rotatable bonds is 2. The molecule has 0 amide bonds. The van der Waals surface area contributed by atoms with Crippen molar-refractivity contribution in [1.29, 1.82) is 0 Å². The minimum Gasteiger partial charge on any atom is -0.477 e. The van der Waals surface area contributed by atoms with E-state index in [4.69, 9.17) is 5.11 Å². The zero-order chi connectivity index (χ0) is 11.5. The number of hydrogen-bond donors (Lipinski definition) is 1. The van der Waals surface area contributed by atoms with E-state index in [1.807, 2.05) is 13.0 Å². The molecule has 0 fully saturated rings. The lowest BCUT2D eigenvalue weighted by Gasteiger charge is -2.03. The van der Waals surface area contributed by atoms with Crippen LogP contribution in [0.15, 0.2) is 30.7 Å².